The molecule has 1 atom stereocenters. The maximum Gasteiger partial charge on any atom is 0.168 e. The van der Waals surface area contributed by atoms with Gasteiger partial charge < -0.3 is 15.2 Å². The second kappa shape index (κ2) is 5.65. The minimum absolute atomic E-state index is 0. The highest BCUT2D eigenvalue weighted by Crippen LogP contribution is 2.52. The molecular weight excluding hydrogens is 321 g/mol. The summed E-state index contributed by atoms with van der Waals surface area (Å²) in [6.45, 7) is 0.929. The molecule has 0 spiro atoms. The standard InChI is InChI=1S/C17H16ClNO2.ClH/c1-21-17-13(20)8-10-5-6-19-12-7-9-3-2-4-11(18)14(9)16(17)15(10)12;/h2-4,8,12,19-20H,5-7H2,1H3;1H/t12-;/m1./s1. The zero-order valence-corrected chi connectivity index (χ0v) is 13.7. The van der Waals surface area contributed by atoms with Gasteiger partial charge in [-0.05, 0) is 48.2 Å². The van der Waals surface area contributed by atoms with Gasteiger partial charge in [0.2, 0.25) is 0 Å². The maximum atomic E-state index is 10.3. The largest absolute Gasteiger partial charge is 0.504 e. The van der Waals surface area contributed by atoms with E-state index in [4.69, 9.17) is 16.3 Å². The SMILES string of the molecule is COc1c(O)cc2c3c1-c1c(Cl)cccc1C[C@H]3NCC2.Cl. The first-order valence-electron chi connectivity index (χ1n) is 7.14. The van der Waals surface area contributed by atoms with E-state index in [1.165, 1.54) is 16.7 Å². The fourth-order valence-electron chi connectivity index (χ4n) is 3.68. The van der Waals surface area contributed by atoms with Crippen molar-refractivity contribution in [1.82, 2.24) is 5.32 Å². The first kappa shape index (κ1) is 15.5. The molecule has 5 heteroatoms. The van der Waals surface area contributed by atoms with Crippen molar-refractivity contribution in [2.24, 2.45) is 0 Å². The second-order valence-electron chi connectivity index (χ2n) is 5.61. The molecule has 22 heavy (non-hydrogen) atoms. The lowest BCUT2D eigenvalue weighted by atomic mass is 9.77. The van der Waals surface area contributed by atoms with Gasteiger partial charge in [0.25, 0.3) is 0 Å². The van der Waals surface area contributed by atoms with Gasteiger partial charge in [0.15, 0.2) is 11.5 Å². The molecular formula is C17H17Cl2NO2. The third-order valence-corrected chi connectivity index (χ3v) is 4.81. The topological polar surface area (TPSA) is 41.5 Å². The fraction of sp³-hybridized carbons (Fsp3) is 0.294. The smallest absolute Gasteiger partial charge is 0.168 e. The Labute approximate surface area is 140 Å². The Hall–Kier alpha value is -1.42. The van der Waals surface area contributed by atoms with Gasteiger partial charge >= 0.3 is 0 Å². The molecule has 0 fully saturated rings. The number of methoxy groups -OCH3 is 1. The van der Waals surface area contributed by atoms with Crippen molar-refractivity contribution >= 4 is 24.0 Å². The van der Waals surface area contributed by atoms with Gasteiger partial charge in [-0.3, -0.25) is 0 Å². The number of rotatable bonds is 1. The molecule has 0 saturated heterocycles. The molecule has 0 saturated carbocycles. The zero-order chi connectivity index (χ0) is 14.6. The summed E-state index contributed by atoms with van der Waals surface area (Å²) in [7, 11) is 1.59. The van der Waals surface area contributed by atoms with E-state index in [9.17, 15) is 5.11 Å². The summed E-state index contributed by atoms with van der Waals surface area (Å²) in [5, 5.41) is 14.6. The summed E-state index contributed by atoms with van der Waals surface area (Å²) in [5.74, 6) is 0.719. The quantitative estimate of drug-likeness (QED) is 0.829. The molecule has 1 heterocycles. The lowest BCUT2D eigenvalue weighted by Crippen LogP contribution is -2.33. The van der Waals surface area contributed by atoms with Crippen LogP contribution in [0.25, 0.3) is 11.1 Å². The van der Waals surface area contributed by atoms with E-state index in [1.54, 1.807) is 7.11 Å². The van der Waals surface area contributed by atoms with Crippen molar-refractivity contribution in [1.29, 1.82) is 0 Å². The Bertz CT molecular complexity index is 746. The number of benzene rings is 2. The van der Waals surface area contributed by atoms with Gasteiger partial charge in [-0.2, -0.15) is 0 Å². The number of ether oxygens (including phenoxy) is 1. The summed E-state index contributed by atoms with van der Waals surface area (Å²) in [4.78, 5) is 0. The van der Waals surface area contributed by atoms with E-state index in [0.29, 0.717) is 10.8 Å². The van der Waals surface area contributed by atoms with E-state index in [0.717, 1.165) is 30.5 Å². The summed E-state index contributed by atoms with van der Waals surface area (Å²) in [6.07, 6.45) is 1.83. The molecule has 116 valence electrons. The van der Waals surface area contributed by atoms with Crippen molar-refractivity contribution in [2.45, 2.75) is 18.9 Å². The molecule has 2 N–H and O–H groups in total. The number of hydrogen-bond donors (Lipinski definition) is 2. The number of phenolic OH excluding ortho intramolecular Hbond substituents is 1. The maximum absolute atomic E-state index is 10.3. The van der Waals surface area contributed by atoms with Crippen LogP contribution in [0.3, 0.4) is 0 Å². The minimum atomic E-state index is 0. The van der Waals surface area contributed by atoms with Crippen LogP contribution in [0.1, 0.15) is 22.7 Å². The minimum Gasteiger partial charge on any atom is -0.504 e. The zero-order valence-electron chi connectivity index (χ0n) is 12.1. The van der Waals surface area contributed by atoms with E-state index < -0.39 is 0 Å². The predicted octanol–water partition coefficient (Wildman–Crippen LogP) is 3.89. The van der Waals surface area contributed by atoms with Crippen LogP contribution in [-0.2, 0) is 12.8 Å². The number of fused-ring (bicyclic) bond motifs is 2. The number of hydrogen-bond acceptors (Lipinski definition) is 3. The Kier molecular flexibility index (Phi) is 3.98. The summed E-state index contributed by atoms with van der Waals surface area (Å²) < 4.78 is 5.49. The Morgan fingerprint density at radius 1 is 1.27 bits per heavy atom. The van der Waals surface area contributed by atoms with Gasteiger partial charge in [0.05, 0.1) is 7.11 Å². The van der Waals surface area contributed by atoms with Crippen LogP contribution in [0, 0.1) is 0 Å². The van der Waals surface area contributed by atoms with Crippen molar-refractivity contribution in [3.63, 3.8) is 0 Å². The molecule has 2 aromatic rings. The van der Waals surface area contributed by atoms with Gasteiger partial charge in [0, 0.05) is 22.2 Å². The average Bonchev–Trinajstić information content (AvgIpc) is 2.47. The van der Waals surface area contributed by atoms with Crippen molar-refractivity contribution in [3.05, 3.63) is 46.0 Å². The summed E-state index contributed by atoms with van der Waals surface area (Å²) >= 11 is 6.45. The van der Waals surface area contributed by atoms with Crippen LogP contribution in [0.4, 0.5) is 0 Å². The van der Waals surface area contributed by atoms with Gasteiger partial charge in [-0.1, -0.05) is 23.7 Å². The number of phenols is 1. The lowest BCUT2D eigenvalue weighted by molar-refractivity contribution is 0.371. The molecule has 0 unspecified atom stereocenters. The van der Waals surface area contributed by atoms with Crippen LogP contribution in [0.2, 0.25) is 5.02 Å². The summed E-state index contributed by atoms with van der Waals surface area (Å²) in [5.41, 5.74) is 5.58. The normalized spacial score (nSPS) is 18.0. The lowest BCUT2D eigenvalue weighted by Gasteiger charge is -2.35. The van der Waals surface area contributed by atoms with Crippen molar-refractivity contribution in [2.75, 3.05) is 13.7 Å². The van der Waals surface area contributed by atoms with E-state index >= 15 is 0 Å². The molecule has 0 bridgehead atoms. The number of aromatic hydroxyl groups is 1. The molecule has 0 radical (unpaired) electrons. The molecule has 0 amide bonds. The summed E-state index contributed by atoms with van der Waals surface area (Å²) in [6, 6.07) is 8.08. The van der Waals surface area contributed by atoms with Crippen molar-refractivity contribution < 1.29 is 9.84 Å². The highest BCUT2D eigenvalue weighted by molar-refractivity contribution is 6.33. The third kappa shape index (κ3) is 2.08. The van der Waals surface area contributed by atoms with E-state index in [-0.39, 0.29) is 24.2 Å². The van der Waals surface area contributed by atoms with Crippen LogP contribution >= 0.6 is 24.0 Å². The Morgan fingerprint density at radius 3 is 2.86 bits per heavy atom. The first-order valence-corrected chi connectivity index (χ1v) is 7.52. The Morgan fingerprint density at radius 2 is 2.09 bits per heavy atom. The highest BCUT2D eigenvalue weighted by Gasteiger charge is 2.34. The molecule has 4 rings (SSSR count). The van der Waals surface area contributed by atoms with Crippen molar-refractivity contribution in [3.8, 4) is 22.6 Å². The van der Waals surface area contributed by atoms with Crippen LogP contribution in [0.5, 0.6) is 11.5 Å². The average molecular weight is 338 g/mol. The van der Waals surface area contributed by atoms with E-state index in [2.05, 4.69) is 11.4 Å². The molecule has 0 aromatic heterocycles. The van der Waals surface area contributed by atoms with Crippen LogP contribution in [0.15, 0.2) is 24.3 Å². The van der Waals surface area contributed by atoms with Crippen LogP contribution in [-0.4, -0.2) is 18.8 Å². The van der Waals surface area contributed by atoms with Gasteiger partial charge in [-0.15, -0.1) is 12.4 Å². The highest BCUT2D eigenvalue weighted by atomic mass is 35.5. The molecule has 2 aliphatic rings. The van der Waals surface area contributed by atoms with Crippen LogP contribution < -0.4 is 10.1 Å². The first-order chi connectivity index (χ1) is 10.2. The number of nitrogens with one attached hydrogen (secondary N) is 1. The monoisotopic (exact) mass is 337 g/mol. The van der Waals surface area contributed by atoms with Gasteiger partial charge in [0.1, 0.15) is 0 Å². The molecule has 2 aromatic carbocycles. The third-order valence-electron chi connectivity index (χ3n) is 4.50. The fourth-order valence-corrected chi connectivity index (χ4v) is 3.96. The molecule has 1 aliphatic carbocycles. The Balaban J connectivity index is 0.00000144. The number of halogens is 2. The molecule has 1 aliphatic heterocycles. The molecule has 3 nitrogen and oxygen atoms in total. The van der Waals surface area contributed by atoms with E-state index in [1.807, 2.05) is 18.2 Å². The predicted molar refractivity (Wildman–Crippen MR) is 90.5 cm³/mol. The van der Waals surface area contributed by atoms with Gasteiger partial charge in [-0.25, -0.2) is 0 Å². The second-order valence-corrected chi connectivity index (χ2v) is 6.02.